The third-order valence-corrected chi connectivity index (χ3v) is 6.25. The van der Waals surface area contributed by atoms with E-state index in [2.05, 4.69) is 4.98 Å². The van der Waals surface area contributed by atoms with Crippen LogP contribution in [0.15, 0.2) is 58.1 Å². The first-order chi connectivity index (χ1) is 16.7. The van der Waals surface area contributed by atoms with Crippen molar-refractivity contribution in [2.24, 2.45) is 14.1 Å². The second-order valence-electron chi connectivity index (χ2n) is 8.95. The highest BCUT2D eigenvalue weighted by Gasteiger charge is 2.23. The molecule has 0 aliphatic heterocycles. The molecule has 1 unspecified atom stereocenters. The lowest BCUT2D eigenvalue weighted by Gasteiger charge is -2.21. The monoisotopic (exact) mass is 477 g/mol. The molecule has 0 spiro atoms. The molecule has 0 aliphatic rings. The third kappa shape index (κ3) is 4.85. The largest absolute Gasteiger partial charge is 0.491 e. The molecule has 0 aliphatic carbocycles. The minimum atomic E-state index is -0.917. The molecule has 0 amide bonds. The number of imidazole rings is 1. The lowest BCUT2D eigenvalue weighted by atomic mass is 10.1. The molecule has 1 N–H and O–H groups in total. The fraction of sp³-hybridized carbons (Fsp3) is 0.346. The SMILES string of the molecule is Cc1ccc(OCC(O)Cn2c(N(C)Cc3ccccc3)nc3c2c(=O)n(C)c(=O)n3C)cc1C. The number of rotatable bonds is 8. The molecule has 2 heterocycles. The zero-order chi connectivity index (χ0) is 25.3. The Balaban J connectivity index is 1.69. The van der Waals surface area contributed by atoms with E-state index in [9.17, 15) is 14.7 Å². The summed E-state index contributed by atoms with van der Waals surface area (Å²) in [5.41, 5.74) is 2.95. The fourth-order valence-corrected chi connectivity index (χ4v) is 4.09. The molecule has 9 nitrogen and oxygen atoms in total. The zero-order valence-electron chi connectivity index (χ0n) is 20.7. The van der Waals surface area contributed by atoms with Crippen molar-refractivity contribution in [3.05, 3.63) is 86.1 Å². The van der Waals surface area contributed by atoms with Gasteiger partial charge in [0.2, 0.25) is 5.95 Å². The molecular formula is C26H31N5O4. The van der Waals surface area contributed by atoms with E-state index in [0.717, 1.165) is 21.3 Å². The van der Waals surface area contributed by atoms with E-state index in [-0.39, 0.29) is 24.3 Å². The minimum Gasteiger partial charge on any atom is -0.491 e. The van der Waals surface area contributed by atoms with E-state index in [0.29, 0.717) is 18.2 Å². The van der Waals surface area contributed by atoms with Gasteiger partial charge in [-0.2, -0.15) is 4.98 Å². The van der Waals surface area contributed by atoms with Crippen LogP contribution in [-0.4, -0.2) is 43.6 Å². The fourth-order valence-electron chi connectivity index (χ4n) is 4.09. The van der Waals surface area contributed by atoms with Crippen LogP contribution >= 0.6 is 0 Å². The van der Waals surface area contributed by atoms with Crippen LogP contribution in [-0.2, 0) is 27.2 Å². The summed E-state index contributed by atoms with van der Waals surface area (Å²) >= 11 is 0. The van der Waals surface area contributed by atoms with E-state index in [1.165, 1.54) is 11.6 Å². The summed E-state index contributed by atoms with van der Waals surface area (Å²) < 4.78 is 9.90. The number of aromatic nitrogens is 4. The molecule has 9 heteroatoms. The van der Waals surface area contributed by atoms with Crippen molar-refractivity contribution in [2.75, 3.05) is 18.6 Å². The average molecular weight is 478 g/mol. The highest BCUT2D eigenvalue weighted by molar-refractivity contribution is 5.74. The van der Waals surface area contributed by atoms with Crippen LogP contribution in [0.2, 0.25) is 0 Å². The Kier molecular flexibility index (Phi) is 6.79. The molecule has 1 atom stereocenters. The summed E-state index contributed by atoms with van der Waals surface area (Å²) in [6, 6.07) is 15.6. The summed E-state index contributed by atoms with van der Waals surface area (Å²) in [6.45, 7) is 4.68. The van der Waals surface area contributed by atoms with Gasteiger partial charge in [0, 0.05) is 27.7 Å². The molecule has 0 bridgehead atoms. The van der Waals surface area contributed by atoms with Crippen LogP contribution in [0.4, 0.5) is 5.95 Å². The Morgan fingerprint density at radius 2 is 1.74 bits per heavy atom. The number of aliphatic hydroxyl groups excluding tert-OH is 1. The predicted molar refractivity (Wildman–Crippen MR) is 136 cm³/mol. The van der Waals surface area contributed by atoms with Gasteiger partial charge in [0.1, 0.15) is 18.5 Å². The first kappa shape index (κ1) is 24.3. The van der Waals surface area contributed by atoms with E-state index < -0.39 is 17.4 Å². The molecule has 0 saturated heterocycles. The number of benzene rings is 2. The van der Waals surface area contributed by atoms with Crippen molar-refractivity contribution in [1.29, 1.82) is 0 Å². The number of fused-ring (bicyclic) bond motifs is 1. The Bertz CT molecular complexity index is 1470. The summed E-state index contributed by atoms with van der Waals surface area (Å²) in [5, 5.41) is 10.9. The zero-order valence-corrected chi connectivity index (χ0v) is 20.7. The van der Waals surface area contributed by atoms with Crippen molar-refractivity contribution < 1.29 is 9.84 Å². The van der Waals surface area contributed by atoms with Gasteiger partial charge in [0.05, 0.1) is 6.54 Å². The van der Waals surface area contributed by atoms with Crippen LogP contribution < -0.4 is 20.9 Å². The number of nitrogens with zero attached hydrogens (tertiary/aromatic N) is 5. The normalized spacial score (nSPS) is 12.2. The van der Waals surface area contributed by atoms with Gasteiger partial charge >= 0.3 is 5.69 Å². The van der Waals surface area contributed by atoms with Crippen LogP contribution in [0.5, 0.6) is 5.75 Å². The number of aryl methyl sites for hydroxylation is 3. The van der Waals surface area contributed by atoms with E-state index >= 15 is 0 Å². The summed E-state index contributed by atoms with van der Waals surface area (Å²) in [5.74, 6) is 1.15. The second-order valence-corrected chi connectivity index (χ2v) is 8.95. The first-order valence-electron chi connectivity index (χ1n) is 11.5. The van der Waals surface area contributed by atoms with Crippen molar-refractivity contribution in [3.8, 4) is 5.75 Å². The maximum atomic E-state index is 13.1. The average Bonchev–Trinajstić information content (AvgIpc) is 3.22. The summed E-state index contributed by atoms with van der Waals surface area (Å²) in [6.07, 6.45) is -0.917. The maximum Gasteiger partial charge on any atom is 0.332 e. The molecule has 4 rings (SSSR count). The maximum absolute atomic E-state index is 13.1. The second kappa shape index (κ2) is 9.79. The van der Waals surface area contributed by atoms with Gasteiger partial charge in [0.25, 0.3) is 5.56 Å². The van der Waals surface area contributed by atoms with Crippen molar-refractivity contribution >= 4 is 17.1 Å². The molecule has 4 aromatic rings. The topological polar surface area (TPSA) is 94.5 Å². The summed E-state index contributed by atoms with van der Waals surface area (Å²) in [4.78, 5) is 32.2. The molecule has 35 heavy (non-hydrogen) atoms. The van der Waals surface area contributed by atoms with Crippen LogP contribution in [0, 0.1) is 13.8 Å². The molecule has 184 valence electrons. The number of ether oxygens (including phenoxy) is 1. The highest BCUT2D eigenvalue weighted by atomic mass is 16.5. The molecule has 2 aromatic heterocycles. The Hall–Kier alpha value is -3.85. The number of hydrogen-bond acceptors (Lipinski definition) is 6. The van der Waals surface area contributed by atoms with Gasteiger partial charge in [-0.15, -0.1) is 0 Å². The predicted octanol–water partition coefficient (Wildman–Crippen LogP) is 2.13. The van der Waals surface area contributed by atoms with Crippen LogP contribution in [0.25, 0.3) is 11.2 Å². The van der Waals surface area contributed by atoms with Crippen molar-refractivity contribution in [2.45, 2.75) is 33.0 Å². The molecule has 0 fully saturated rings. The Morgan fingerprint density at radius 3 is 2.43 bits per heavy atom. The van der Waals surface area contributed by atoms with Gasteiger partial charge in [-0.05, 0) is 42.7 Å². The van der Waals surface area contributed by atoms with Gasteiger partial charge < -0.3 is 19.3 Å². The summed E-state index contributed by atoms with van der Waals surface area (Å²) in [7, 11) is 4.89. The molecule has 2 aromatic carbocycles. The van der Waals surface area contributed by atoms with Gasteiger partial charge in [0.15, 0.2) is 11.2 Å². The molecular weight excluding hydrogens is 446 g/mol. The molecule has 0 radical (unpaired) electrons. The minimum absolute atomic E-state index is 0.0378. The smallest absolute Gasteiger partial charge is 0.332 e. The van der Waals surface area contributed by atoms with E-state index in [1.807, 2.05) is 74.3 Å². The highest BCUT2D eigenvalue weighted by Crippen LogP contribution is 2.22. The third-order valence-electron chi connectivity index (χ3n) is 6.25. The Labute approximate surface area is 203 Å². The quantitative estimate of drug-likeness (QED) is 0.418. The van der Waals surface area contributed by atoms with Crippen molar-refractivity contribution in [1.82, 2.24) is 18.7 Å². The van der Waals surface area contributed by atoms with Crippen LogP contribution in [0.1, 0.15) is 16.7 Å². The van der Waals surface area contributed by atoms with Crippen molar-refractivity contribution in [3.63, 3.8) is 0 Å². The number of hydrogen-bond donors (Lipinski definition) is 1. The van der Waals surface area contributed by atoms with Gasteiger partial charge in [-0.1, -0.05) is 36.4 Å². The standard InChI is InChI=1S/C26H31N5O4/c1-17-11-12-21(13-18(17)2)35-16-20(32)15-31-22-23(29(4)26(34)30(5)24(22)33)27-25(31)28(3)14-19-9-7-6-8-10-19/h6-13,20,32H,14-16H2,1-5H3. The lowest BCUT2D eigenvalue weighted by molar-refractivity contribution is 0.0936. The number of aliphatic hydroxyl groups is 1. The van der Waals surface area contributed by atoms with E-state index in [1.54, 1.807) is 11.6 Å². The molecule has 0 saturated carbocycles. The van der Waals surface area contributed by atoms with Gasteiger partial charge in [-0.25, -0.2) is 4.79 Å². The number of anilines is 1. The van der Waals surface area contributed by atoms with Gasteiger partial charge in [-0.3, -0.25) is 13.9 Å². The van der Waals surface area contributed by atoms with Crippen LogP contribution in [0.3, 0.4) is 0 Å². The Morgan fingerprint density at radius 1 is 1.03 bits per heavy atom. The lowest BCUT2D eigenvalue weighted by Crippen LogP contribution is -2.38. The first-order valence-corrected chi connectivity index (χ1v) is 11.5. The van der Waals surface area contributed by atoms with E-state index in [4.69, 9.17) is 4.74 Å².